The first-order chi connectivity index (χ1) is 17.8. The number of aryl methyl sites for hydroxylation is 1. The lowest BCUT2D eigenvalue weighted by atomic mass is 10.1. The largest absolute Gasteiger partial charge is 0.494 e. The van der Waals surface area contributed by atoms with E-state index in [0.29, 0.717) is 22.7 Å². The quantitative estimate of drug-likeness (QED) is 0.321. The molecule has 0 unspecified atom stereocenters. The van der Waals surface area contributed by atoms with Gasteiger partial charge in [0.2, 0.25) is 21.5 Å². The number of ether oxygens (including phenoxy) is 2. The molecule has 0 aliphatic carbocycles. The summed E-state index contributed by atoms with van der Waals surface area (Å²) in [7, 11) is -1.16. The third-order valence-corrected chi connectivity index (χ3v) is 6.59. The Morgan fingerprint density at radius 1 is 1.08 bits per heavy atom. The fraction of sp³-hybridized carbons (Fsp3) is 0.167. The van der Waals surface area contributed by atoms with E-state index in [9.17, 15) is 17.6 Å². The van der Waals surface area contributed by atoms with Crippen molar-refractivity contribution >= 4 is 21.7 Å². The number of methoxy groups -OCH3 is 2. The SMILES string of the molecule is [C-]#[N+]c1cc(F)ccc1CCS(=O)(=O)Nc1nnc(-c2cccc(=O)[nH]2)n1-c1c(OC)cccc1OC. The lowest BCUT2D eigenvalue weighted by molar-refractivity contribution is 0.391. The minimum absolute atomic E-state index is 0.0347. The lowest BCUT2D eigenvalue weighted by Gasteiger charge is -2.17. The molecule has 2 aromatic carbocycles. The third kappa shape index (κ3) is 5.44. The molecule has 0 atom stereocenters. The van der Waals surface area contributed by atoms with E-state index in [4.69, 9.17) is 16.0 Å². The summed E-state index contributed by atoms with van der Waals surface area (Å²) in [5.41, 5.74) is 0.593. The average Bonchev–Trinajstić information content (AvgIpc) is 3.29. The first kappa shape index (κ1) is 25.4. The summed E-state index contributed by atoms with van der Waals surface area (Å²) < 4.78 is 54.4. The van der Waals surface area contributed by atoms with Crippen molar-refractivity contribution in [3.8, 4) is 28.7 Å². The summed E-state index contributed by atoms with van der Waals surface area (Å²) in [6, 6.07) is 13.0. The standard InChI is InChI=1S/C24H21FN6O5S/c1-26-18-14-16(25)11-10-15(18)12-13-37(33,34)30-24-29-28-23(17-6-4-9-21(32)27-17)31(24)22-19(35-2)7-5-8-20(22)36-3/h4-11,14H,12-13H2,2-3H3,(H,27,32)(H,29,30). The average molecular weight is 525 g/mol. The number of pyridine rings is 1. The summed E-state index contributed by atoms with van der Waals surface area (Å²) in [6.07, 6.45) is -0.0433. The van der Waals surface area contributed by atoms with E-state index in [-0.39, 0.29) is 29.6 Å². The topological polar surface area (TPSA) is 133 Å². The van der Waals surface area contributed by atoms with Crippen LogP contribution in [-0.2, 0) is 16.4 Å². The maximum Gasteiger partial charge on any atom is 0.248 e. The Kier molecular flexibility index (Phi) is 7.21. The summed E-state index contributed by atoms with van der Waals surface area (Å²) in [5, 5.41) is 8.14. The minimum Gasteiger partial charge on any atom is -0.494 e. The van der Waals surface area contributed by atoms with Crippen molar-refractivity contribution in [2.75, 3.05) is 24.7 Å². The fourth-order valence-electron chi connectivity index (χ4n) is 3.65. The van der Waals surface area contributed by atoms with Gasteiger partial charge in [-0.3, -0.25) is 14.1 Å². The molecule has 2 N–H and O–H groups in total. The second-order valence-corrected chi connectivity index (χ2v) is 9.52. The fourth-order valence-corrected chi connectivity index (χ4v) is 4.65. The number of nitrogens with zero attached hydrogens (tertiary/aromatic N) is 4. The maximum absolute atomic E-state index is 13.5. The number of nitrogens with one attached hydrogen (secondary N) is 2. The normalized spacial score (nSPS) is 11.1. The van der Waals surface area contributed by atoms with Gasteiger partial charge in [-0.1, -0.05) is 18.2 Å². The zero-order valence-corrected chi connectivity index (χ0v) is 20.5. The number of sulfonamides is 1. The Morgan fingerprint density at radius 3 is 2.43 bits per heavy atom. The molecule has 0 amide bonds. The molecule has 4 aromatic rings. The van der Waals surface area contributed by atoms with Gasteiger partial charge >= 0.3 is 0 Å². The van der Waals surface area contributed by atoms with Crippen molar-refractivity contribution in [2.24, 2.45) is 0 Å². The van der Waals surface area contributed by atoms with Crippen LogP contribution in [0.15, 0.2) is 59.4 Å². The van der Waals surface area contributed by atoms with Crippen LogP contribution in [0.2, 0.25) is 0 Å². The number of aromatic nitrogens is 4. The van der Waals surface area contributed by atoms with Gasteiger partial charge in [0.1, 0.15) is 23.0 Å². The molecule has 4 rings (SSSR count). The Morgan fingerprint density at radius 2 is 1.78 bits per heavy atom. The van der Waals surface area contributed by atoms with Crippen LogP contribution < -0.4 is 19.8 Å². The smallest absolute Gasteiger partial charge is 0.248 e. The Bertz CT molecular complexity index is 1640. The van der Waals surface area contributed by atoms with Crippen LogP contribution in [0.4, 0.5) is 16.0 Å². The molecule has 0 spiro atoms. The molecular formula is C24H21FN6O5S. The predicted molar refractivity (Wildman–Crippen MR) is 134 cm³/mol. The minimum atomic E-state index is -4.04. The van der Waals surface area contributed by atoms with E-state index in [1.54, 1.807) is 24.3 Å². The van der Waals surface area contributed by atoms with Gasteiger partial charge in [-0.25, -0.2) is 17.7 Å². The predicted octanol–water partition coefficient (Wildman–Crippen LogP) is 3.31. The van der Waals surface area contributed by atoms with Gasteiger partial charge in [-0.05, 0) is 42.3 Å². The van der Waals surface area contributed by atoms with Gasteiger partial charge in [0.05, 0.1) is 32.2 Å². The van der Waals surface area contributed by atoms with Crippen LogP contribution in [-0.4, -0.2) is 48.1 Å². The third-order valence-electron chi connectivity index (χ3n) is 5.35. The highest BCUT2D eigenvalue weighted by atomic mass is 32.2. The van der Waals surface area contributed by atoms with Crippen molar-refractivity contribution in [1.29, 1.82) is 0 Å². The number of rotatable bonds is 9. The molecule has 0 aliphatic rings. The molecule has 13 heteroatoms. The molecule has 0 bridgehead atoms. The van der Waals surface area contributed by atoms with Gasteiger partial charge in [0.25, 0.3) is 0 Å². The molecular weight excluding hydrogens is 503 g/mol. The number of aromatic amines is 1. The first-order valence-corrected chi connectivity index (χ1v) is 12.4. The van der Waals surface area contributed by atoms with Crippen molar-refractivity contribution in [1.82, 2.24) is 19.7 Å². The lowest BCUT2D eigenvalue weighted by Crippen LogP contribution is -2.21. The Labute approximate surface area is 211 Å². The highest BCUT2D eigenvalue weighted by Crippen LogP contribution is 2.37. The number of hydrogen-bond donors (Lipinski definition) is 2. The second kappa shape index (κ2) is 10.5. The van der Waals surface area contributed by atoms with Crippen LogP contribution >= 0.6 is 0 Å². The molecule has 11 nitrogen and oxygen atoms in total. The van der Waals surface area contributed by atoms with Crippen LogP contribution in [0.3, 0.4) is 0 Å². The molecule has 0 aliphatic heterocycles. The molecule has 0 saturated heterocycles. The molecule has 0 fully saturated rings. The van der Waals surface area contributed by atoms with Gasteiger partial charge in [0.15, 0.2) is 11.5 Å². The number of para-hydroxylation sites is 1. The van der Waals surface area contributed by atoms with E-state index < -0.39 is 27.2 Å². The molecule has 0 saturated carbocycles. The van der Waals surface area contributed by atoms with Gasteiger partial charge in [0, 0.05) is 6.07 Å². The summed E-state index contributed by atoms with van der Waals surface area (Å²) >= 11 is 0. The molecule has 37 heavy (non-hydrogen) atoms. The monoisotopic (exact) mass is 524 g/mol. The Hall–Kier alpha value is -4.70. The Balaban J connectivity index is 1.78. The number of H-pyrrole nitrogens is 1. The highest BCUT2D eigenvalue weighted by Gasteiger charge is 2.25. The summed E-state index contributed by atoms with van der Waals surface area (Å²) in [4.78, 5) is 17.9. The molecule has 0 radical (unpaired) electrons. The van der Waals surface area contributed by atoms with Crippen molar-refractivity contribution in [2.45, 2.75) is 6.42 Å². The zero-order valence-electron chi connectivity index (χ0n) is 19.7. The zero-order chi connectivity index (χ0) is 26.6. The molecule has 2 aromatic heterocycles. The van der Waals surface area contributed by atoms with Crippen LogP contribution in [0.5, 0.6) is 11.5 Å². The van der Waals surface area contributed by atoms with Crippen molar-refractivity contribution < 1.29 is 22.3 Å². The van der Waals surface area contributed by atoms with E-state index in [0.717, 1.165) is 6.07 Å². The summed E-state index contributed by atoms with van der Waals surface area (Å²) in [6.45, 7) is 7.22. The molecule has 2 heterocycles. The highest BCUT2D eigenvalue weighted by molar-refractivity contribution is 7.92. The van der Waals surface area contributed by atoms with Gasteiger partial charge < -0.3 is 14.5 Å². The van der Waals surface area contributed by atoms with Crippen LogP contribution in [0.25, 0.3) is 22.1 Å². The molecule has 190 valence electrons. The maximum atomic E-state index is 13.5. The van der Waals surface area contributed by atoms with Crippen molar-refractivity contribution in [3.05, 3.63) is 87.7 Å². The first-order valence-electron chi connectivity index (χ1n) is 10.8. The number of benzene rings is 2. The van der Waals surface area contributed by atoms with Crippen LogP contribution in [0, 0.1) is 12.4 Å². The second-order valence-electron chi connectivity index (χ2n) is 7.68. The van der Waals surface area contributed by atoms with Gasteiger partial charge in [-0.2, -0.15) is 0 Å². The van der Waals surface area contributed by atoms with Crippen LogP contribution in [0.1, 0.15) is 5.56 Å². The summed E-state index contributed by atoms with van der Waals surface area (Å²) in [5.74, 6) is -0.423. The number of halogens is 1. The van der Waals surface area contributed by atoms with E-state index in [2.05, 4.69) is 24.7 Å². The van der Waals surface area contributed by atoms with E-state index >= 15 is 0 Å². The van der Waals surface area contributed by atoms with E-state index in [1.165, 1.54) is 43.1 Å². The number of anilines is 1. The number of hydrogen-bond acceptors (Lipinski definition) is 7. The van der Waals surface area contributed by atoms with Gasteiger partial charge in [-0.15, -0.1) is 10.2 Å². The van der Waals surface area contributed by atoms with Crippen molar-refractivity contribution in [3.63, 3.8) is 0 Å². The van der Waals surface area contributed by atoms with E-state index in [1.807, 2.05) is 0 Å².